The molecule has 0 aromatic heterocycles. The molecular weight excluding hydrogens is 759 g/mol. The molecule has 0 amide bonds. The van der Waals surface area contributed by atoms with Crippen LogP contribution in [0.25, 0.3) is 0 Å². The molecule has 51 heavy (non-hydrogen) atoms. The second-order valence-corrected chi connectivity index (χ2v) is 16.3. The average molecular weight is 800 g/mol. The number of carbonyl (C=O) groups is 2. The SMILES string of the molecule is NCC(N)CC(P(c1ccccc1)c1ccccc1)P(c1ccccc1)c1ccccc1.O=C([O-])c1ccccc1.O=C([O-])c1ccccc1.[Ru+2]. The van der Waals surface area contributed by atoms with E-state index in [9.17, 15) is 19.8 Å². The first-order chi connectivity index (χ1) is 24.4. The van der Waals surface area contributed by atoms with E-state index in [1.165, 1.54) is 45.5 Å². The van der Waals surface area contributed by atoms with Crippen molar-refractivity contribution >= 4 is 49.0 Å². The van der Waals surface area contributed by atoms with Gasteiger partial charge in [-0.05, 0) is 54.6 Å². The van der Waals surface area contributed by atoms with Crippen LogP contribution in [0.3, 0.4) is 0 Å². The van der Waals surface area contributed by atoms with Crippen LogP contribution in [-0.2, 0) is 19.5 Å². The van der Waals surface area contributed by atoms with E-state index >= 15 is 0 Å². The molecule has 260 valence electrons. The fourth-order valence-electron chi connectivity index (χ4n) is 5.18. The summed E-state index contributed by atoms with van der Waals surface area (Å²) in [6, 6.07) is 60.0. The van der Waals surface area contributed by atoms with E-state index in [1.54, 1.807) is 36.4 Å². The molecule has 0 aliphatic rings. The minimum Gasteiger partial charge on any atom is -0.545 e. The Balaban J connectivity index is 0.000000301. The molecule has 0 saturated carbocycles. The van der Waals surface area contributed by atoms with Gasteiger partial charge in [0.15, 0.2) is 0 Å². The van der Waals surface area contributed by atoms with E-state index in [1.807, 2.05) is 0 Å². The summed E-state index contributed by atoms with van der Waals surface area (Å²) >= 11 is 0. The third-order valence-corrected chi connectivity index (χ3v) is 14.0. The molecule has 0 radical (unpaired) electrons. The molecule has 6 aromatic carbocycles. The van der Waals surface area contributed by atoms with Gasteiger partial charge in [0.25, 0.3) is 0 Å². The van der Waals surface area contributed by atoms with Gasteiger partial charge in [-0.2, -0.15) is 0 Å². The Kier molecular flexibility index (Phi) is 18.1. The molecule has 0 spiro atoms. The standard InChI is InChI=1S/C28H30N2P2.2C7H6O2.Ru/c29-22-23(30)21-28(31(24-13-5-1-6-14-24)25-15-7-2-8-16-25)32(26-17-9-3-10-18-26)27-19-11-4-12-20-27;2*8-7(9)6-4-2-1-3-5-6;/h1-20,23,28H,21-22,29-30H2;2*1-5H,(H,8,9);/q;;;+2/p-2. The number of nitrogens with two attached hydrogens (primary N) is 2. The average Bonchev–Trinajstić information content (AvgIpc) is 3.18. The molecule has 0 saturated heterocycles. The van der Waals surface area contributed by atoms with Crippen molar-refractivity contribution in [2.24, 2.45) is 11.5 Å². The van der Waals surface area contributed by atoms with Crippen LogP contribution in [0.4, 0.5) is 0 Å². The van der Waals surface area contributed by atoms with E-state index in [-0.39, 0.29) is 36.6 Å². The van der Waals surface area contributed by atoms with Gasteiger partial charge in [0.05, 0.1) is 11.9 Å². The van der Waals surface area contributed by atoms with Crippen molar-refractivity contribution in [3.05, 3.63) is 193 Å². The monoisotopic (exact) mass is 800 g/mol. The summed E-state index contributed by atoms with van der Waals surface area (Å²) in [6.07, 6.45) is 0.890. The summed E-state index contributed by atoms with van der Waals surface area (Å²) in [7, 11) is -1.29. The number of hydrogen-bond donors (Lipinski definition) is 2. The second-order valence-electron chi connectivity index (χ2n) is 11.1. The molecule has 0 aliphatic carbocycles. The van der Waals surface area contributed by atoms with Gasteiger partial charge in [-0.3, -0.25) is 0 Å². The molecule has 1 atom stereocenters. The van der Waals surface area contributed by atoms with Crippen molar-refractivity contribution in [1.82, 2.24) is 0 Å². The third kappa shape index (κ3) is 13.1. The molecule has 4 N–H and O–H groups in total. The number of benzene rings is 6. The van der Waals surface area contributed by atoms with Gasteiger partial charge in [0, 0.05) is 18.0 Å². The molecule has 6 rings (SSSR count). The van der Waals surface area contributed by atoms with E-state index in [2.05, 4.69) is 121 Å². The molecule has 0 fully saturated rings. The van der Waals surface area contributed by atoms with Crippen LogP contribution < -0.4 is 42.9 Å². The zero-order chi connectivity index (χ0) is 35.6. The minimum absolute atomic E-state index is 0. The summed E-state index contributed by atoms with van der Waals surface area (Å²) in [5.41, 5.74) is 13.1. The van der Waals surface area contributed by atoms with Crippen LogP contribution in [0.1, 0.15) is 27.1 Å². The molecular formula is C42H40N2O4P2Ru. The zero-order valence-corrected chi connectivity index (χ0v) is 31.5. The molecule has 6 aromatic rings. The van der Waals surface area contributed by atoms with Crippen LogP contribution in [0, 0.1) is 0 Å². The Morgan fingerprint density at radius 2 is 0.706 bits per heavy atom. The van der Waals surface area contributed by atoms with Gasteiger partial charge in [-0.1, -0.05) is 182 Å². The van der Waals surface area contributed by atoms with Crippen LogP contribution in [0.5, 0.6) is 0 Å². The summed E-state index contributed by atoms with van der Waals surface area (Å²) in [5.74, 6) is -2.26. The maximum absolute atomic E-state index is 10.1. The van der Waals surface area contributed by atoms with Crippen molar-refractivity contribution in [1.29, 1.82) is 0 Å². The quantitative estimate of drug-likeness (QED) is 0.148. The van der Waals surface area contributed by atoms with Crippen LogP contribution in [-0.4, -0.2) is 29.9 Å². The topological polar surface area (TPSA) is 132 Å². The van der Waals surface area contributed by atoms with Gasteiger partial charge >= 0.3 is 19.5 Å². The summed E-state index contributed by atoms with van der Waals surface area (Å²) < 4.78 is 0. The van der Waals surface area contributed by atoms with E-state index in [4.69, 9.17) is 11.5 Å². The van der Waals surface area contributed by atoms with Crippen molar-refractivity contribution in [2.75, 3.05) is 6.54 Å². The van der Waals surface area contributed by atoms with Gasteiger partial charge in [-0.15, -0.1) is 0 Å². The molecule has 9 heteroatoms. The molecule has 0 bridgehead atoms. The molecule has 1 unspecified atom stereocenters. The maximum atomic E-state index is 10.1. The van der Waals surface area contributed by atoms with Gasteiger partial charge < -0.3 is 31.3 Å². The Bertz CT molecular complexity index is 1630. The summed E-state index contributed by atoms with van der Waals surface area (Å²) in [6.45, 7) is 0.496. The van der Waals surface area contributed by atoms with Crippen molar-refractivity contribution < 1.29 is 39.3 Å². The van der Waals surface area contributed by atoms with E-state index < -0.39 is 27.8 Å². The zero-order valence-electron chi connectivity index (χ0n) is 27.9. The van der Waals surface area contributed by atoms with Crippen LogP contribution in [0.15, 0.2) is 182 Å². The Morgan fingerprint density at radius 1 is 0.471 bits per heavy atom. The second kappa shape index (κ2) is 22.5. The normalized spacial score (nSPS) is 10.9. The van der Waals surface area contributed by atoms with Gasteiger partial charge in [0.2, 0.25) is 0 Å². The smallest absolute Gasteiger partial charge is 0.545 e. The number of carboxylic acids is 2. The largest absolute Gasteiger partial charge is 2.00 e. The number of hydrogen-bond acceptors (Lipinski definition) is 6. The third-order valence-electron chi connectivity index (χ3n) is 7.57. The van der Waals surface area contributed by atoms with Gasteiger partial charge in [0.1, 0.15) is 0 Å². The van der Waals surface area contributed by atoms with E-state index in [0.29, 0.717) is 11.9 Å². The summed E-state index contributed by atoms with van der Waals surface area (Å²) in [4.78, 5) is 20.2. The molecule has 6 nitrogen and oxygen atoms in total. The van der Waals surface area contributed by atoms with Crippen molar-refractivity contribution in [3.8, 4) is 0 Å². The fraction of sp³-hybridized carbons (Fsp3) is 0.0952. The van der Waals surface area contributed by atoms with Crippen LogP contribution in [0.2, 0.25) is 0 Å². The Hall–Kier alpha value is -4.34. The number of rotatable bonds is 11. The number of carbonyl (C=O) groups excluding carboxylic acids is 2. The number of aromatic carboxylic acids is 2. The first-order valence-electron chi connectivity index (χ1n) is 16.2. The summed E-state index contributed by atoms with van der Waals surface area (Å²) in [5, 5.41) is 26.1. The van der Waals surface area contributed by atoms with Crippen molar-refractivity contribution in [2.45, 2.75) is 17.9 Å². The maximum Gasteiger partial charge on any atom is 2.00 e. The van der Waals surface area contributed by atoms with E-state index in [0.717, 1.165) is 6.42 Å². The minimum atomic E-state index is -1.13. The van der Waals surface area contributed by atoms with Gasteiger partial charge in [-0.25, -0.2) is 0 Å². The van der Waals surface area contributed by atoms with Crippen LogP contribution >= 0.6 is 15.8 Å². The Morgan fingerprint density at radius 3 is 0.902 bits per heavy atom. The predicted molar refractivity (Wildman–Crippen MR) is 205 cm³/mol. The fourth-order valence-corrected chi connectivity index (χ4v) is 12.6. The first kappa shape index (κ1) is 41.1. The predicted octanol–water partition coefficient (Wildman–Crippen LogP) is 4.35. The molecule has 0 heterocycles. The molecule has 0 aliphatic heterocycles. The Labute approximate surface area is 315 Å². The number of carboxylic acid groups (broad SMARTS) is 2. The van der Waals surface area contributed by atoms with Crippen molar-refractivity contribution in [3.63, 3.8) is 0 Å². The first-order valence-corrected chi connectivity index (χ1v) is 19.0.